The van der Waals surface area contributed by atoms with E-state index in [0.29, 0.717) is 0 Å². The average molecular weight is 167 g/mol. The van der Waals surface area contributed by atoms with Crippen LogP contribution in [0.25, 0.3) is 0 Å². The van der Waals surface area contributed by atoms with Gasteiger partial charge in [0, 0.05) is 10.9 Å². The van der Waals surface area contributed by atoms with Gasteiger partial charge in [-0.1, -0.05) is 24.3 Å². The van der Waals surface area contributed by atoms with Gasteiger partial charge in [0.2, 0.25) is 0 Å². The van der Waals surface area contributed by atoms with Crippen LogP contribution in [0, 0.1) is 0 Å². The second-order valence-electron chi connectivity index (χ2n) is 1.36. The van der Waals surface area contributed by atoms with E-state index in [1.54, 1.807) is 0 Å². The molecule has 0 bridgehead atoms. The van der Waals surface area contributed by atoms with Crippen LogP contribution in [0.4, 0.5) is 0 Å². The summed E-state index contributed by atoms with van der Waals surface area (Å²) in [5.74, 6) is -0.0694. The van der Waals surface area contributed by atoms with Gasteiger partial charge >= 0.3 is 0 Å². The van der Waals surface area contributed by atoms with Gasteiger partial charge in [0.25, 0.3) is 0 Å². The van der Waals surface area contributed by atoms with E-state index in [9.17, 15) is 8.42 Å². The van der Waals surface area contributed by atoms with Crippen LogP contribution < -0.4 is 0 Å². The lowest BCUT2D eigenvalue weighted by Crippen LogP contribution is -1.97. The van der Waals surface area contributed by atoms with E-state index in [0.717, 1.165) is 5.41 Å². The molecule has 0 aromatic rings. The predicted octanol–water partition coefficient (Wildman–Crippen LogP) is 1.30. The van der Waals surface area contributed by atoms with Crippen molar-refractivity contribution in [1.82, 2.24) is 0 Å². The van der Waals surface area contributed by atoms with Crippen LogP contribution in [0.3, 0.4) is 0 Å². The molecule has 4 heteroatoms. The molecule has 0 radical (unpaired) electrons. The minimum atomic E-state index is -3.09. The molecule has 2 nitrogen and oxygen atoms in total. The predicted molar refractivity (Wildman–Crippen MR) is 39.0 cm³/mol. The largest absolute Gasteiger partial charge is 0.224 e. The van der Waals surface area contributed by atoms with Crippen molar-refractivity contribution in [3.8, 4) is 0 Å². The van der Waals surface area contributed by atoms with Crippen LogP contribution in [0.2, 0.25) is 0 Å². The zero-order valence-corrected chi connectivity index (χ0v) is 6.32. The van der Waals surface area contributed by atoms with Crippen molar-refractivity contribution < 1.29 is 8.42 Å². The maximum Gasteiger partial charge on any atom is 0.174 e. The van der Waals surface area contributed by atoms with Crippen LogP contribution in [0.15, 0.2) is 23.6 Å². The van der Waals surface area contributed by atoms with Gasteiger partial charge in [-0.2, -0.15) is 0 Å². The molecule has 9 heavy (non-hydrogen) atoms. The van der Waals surface area contributed by atoms with E-state index in [4.69, 9.17) is 11.6 Å². The third-order valence-corrected chi connectivity index (χ3v) is 2.01. The Balaban J connectivity index is 4.05. The van der Waals surface area contributed by atoms with E-state index in [-0.39, 0.29) is 5.75 Å². The average Bonchev–Trinajstić information content (AvgIpc) is 1.84. The summed E-state index contributed by atoms with van der Waals surface area (Å²) < 4.78 is 21.1. The second kappa shape index (κ2) is 3.69. The molecule has 0 aliphatic rings. The quantitative estimate of drug-likeness (QED) is 0.634. The molecule has 0 aliphatic carbocycles. The molecule has 52 valence electrons. The summed E-state index contributed by atoms with van der Waals surface area (Å²) >= 11 is 5.09. The maximum absolute atomic E-state index is 10.5. The lowest BCUT2D eigenvalue weighted by molar-refractivity contribution is 0.607. The Hall–Kier alpha value is -0.280. The minimum Gasteiger partial charge on any atom is -0.224 e. The van der Waals surface area contributed by atoms with Gasteiger partial charge < -0.3 is 0 Å². The molecule has 0 aliphatic heterocycles. The highest BCUT2D eigenvalue weighted by atomic mass is 35.5. The molecule has 0 aromatic carbocycles. The third kappa shape index (κ3) is 4.24. The zero-order chi connectivity index (χ0) is 7.33. The number of halogens is 1. The molecule has 0 amide bonds. The standard InChI is InChI=1S/C5H7ClO2S/c1-2-9(7,8)5-3-4-6/h2-4H,1,5H2. The third-order valence-electron chi connectivity index (χ3n) is 0.672. The maximum atomic E-state index is 10.5. The van der Waals surface area contributed by atoms with Crippen molar-refractivity contribution in [2.75, 3.05) is 5.75 Å². The highest BCUT2D eigenvalue weighted by molar-refractivity contribution is 7.94. The first-order chi connectivity index (χ1) is 4.12. The summed E-state index contributed by atoms with van der Waals surface area (Å²) in [7, 11) is -3.09. The highest BCUT2D eigenvalue weighted by Gasteiger charge is 1.98. The van der Waals surface area contributed by atoms with Gasteiger partial charge in [0.1, 0.15) is 0 Å². The van der Waals surface area contributed by atoms with Crippen LogP contribution in [-0.4, -0.2) is 14.2 Å². The van der Waals surface area contributed by atoms with Gasteiger partial charge in [0.05, 0.1) is 5.75 Å². The Morgan fingerprint density at radius 3 is 2.44 bits per heavy atom. The van der Waals surface area contributed by atoms with Gasteiger partial charge in [-0.15, -0.1) is 0 Å². The van der Waals surface area contributed by atoms with Crippen molar-refractivity contribution in [1.29, 1.82) is 0 Å². The Morgan fingerprint density at radius 2 is 2.11 bits per heavy atom. The first-order valence-corrected chi connectivity index (χ1v) is 4.38. The highest BCUT2D eigenvalue weighted by Crippen LogP contribution is 1.91. The first-order valence-electron chi connectivity index (χ1n) is 2.23. The fraction of sp³-hybridized carbons (Fsp3) is 0.200. The molecule has 0 unspecified atom stereocenters. The Labute approximate surface area is 59.7 Å². The fourth-order valence-electron chi connectivity index (χ4n) is 0.239. The first kappa shape index (κ1) is 8.72. The summed E-state index contributed by atoms with van der Waals surface area (Å²) in [6, 6.07) is 0. The Kier molecular flexibility index (Phi) is 3.58. The molecule has 0 N–H and O–H groups in total. The summed E-state index contributed by atoms with van der Waals surface area (Å²) in [5.41, 5.74) is 1.17. The molecular formula is C5H7ClO2S. The lowest BCUT2D eigenvalue weighted by atomic mass is 10.8. The van der Waals surface area contributed by atoms with Crippen LogP contribution in [0.1, 0.15) is 0 Å². The van der Waals surface area contributed by atoms with Gasteiger partial charge in [-0.3, -0.25) is 0 Å². The van der Waals surface area contributed by atoms with E-state index < -0.39 is 9.84 Å². The van der Waals surface area contributed by atoms with Crippen molar-refractivity contribution in [2.24, 2.45) is 0 Å². The summed E-state index contributed by atoms with van der Waals surface area (Å²) in [5, 5.41) is 0.907. The molecule has 0 rings (SSSR count). The summed E-state index contributed by atoms with van der Waals surface area (Å²) in [6.45, 7) is 3.12. The second-order valence-corrected chi connectivity index (χ2v) is 3.60. The minimum absolute atomic E-state index is 0.0694. The van der Waals surface area contributed by atoms with Crippen LogP contribution >= 0.6 is 11.6 Å². The number of hydrogen-bond acceptors (Lipinski definition) is 2. The molecular weight excluding hydrogens is 160 g/mol. The van der Waals surface area contributed by atoms with Crippen LogP contribution in [0.5, 0.6) is 0 Å². The molecule has 0 aromatic heterocycles. The van der Waals surface area contributed by atoms with Crippen LogP contribution in [-0.2, 0) is 9.84 Å². The van der Waals surface area contributed by atoms with Gasteiger partial charge in [-0.25, -0.2) is 8.42 Å². The number of rotatable bonds is 3. The molecule has 0 saturated carbocycles. The SMILES string of the molecule is C=CS(=O)(=O)CC=CCl. The smallest absolute Gasteiger partial charge is 0.174 e. The van der Waals surface area contributed by atoms with Crippen molar-refractivity contribution in [3.05, 3.63) is 23.6 Å². The van der Waals surface area contributed by atoms with Gasteiger partial charge in [-0.05, 0) is 0 Å². The number of sulfone groups is 1. The van der Waals surface area contributed by atoms with Crippen molar-refractivity contribution in [2.45, 2.75) is 0 Å². The normalized spacial score (nSPS) is 12.1. The molecule has 0 atom stereocenters. The van der Waals surface area contributed by atoms with E-state index >= 15 is 0 Å². The van der Waals surface area contributed by atoms with E-state index in [2.05, 4.69) is 6.58 Å². The van der Waals surface area contributed by atoms with E-state index in [1.165, 1.54) is 11.6 Å². The monoisotopic (exact) mass is 166 g/mol. The molecule has 0 spiro atoms. The van der Waals surface area contributed by atoms with Gasteiger partial charge in [0.15, 0.2) is 9.84 Å². The van der Waals surface area contributed by atoms with Crippen molar-refractivity contribution >= 4 is 21.4 Å². The molecule has 0 saturated heterocycles. The lowest BCUT2D eigenvalue weighted by Gasteiger charge is -1.86. The summed E-state index contributed by atoms with van der Waals surface area (Å²) in [6.07, 6.45) is 1.35. The summed E-state index contributed by atoms with van der Waals surface area (Å²) in [4.78, 5) is 0. The molecule has 0 heterocycles. The topological polar surface area (TPSA) is 34.1 Å². The number of hydrogen-bond donors (Lipinski definition) is 0. The Morgan fingerprint density at radius 1 is 1.56 bits per heavy atom. The zero-order valence-electron chi connectivity index (χ0n) is 4.75. The van der Waals surface area contributed by atoms with E-state index in [1.807, 2.05) is 0 Å². The Bertz CT molecular complexity index is 203. The molecule has 0 fully saturated rings. The van der Waals surface area contributed by atoms with Crippen molar-refractivity contribution in [3.63, 3.8) is 0 Å². The fourth-order valence-corrected chi connectivity index (χ4v) is 0.934.